The molecule has 2 N–H and O–H groups in total. The Labute approximate surface area is 124 Å². The first-order valence-electron chi connectivity index (χ1n) is 7.38. The standard InChI is InChI=1S/C16H20N4O/c21-15(19-14-6-2-1-3-7-14)12-20-10-4-5-13(11-20)16-17-8-9-18-16/h1-3,6-9,13H,4-5,10-12H2,(H,17,18)(H,19,21)/t13-/m0/s1. The molecule has 1 fully saturated rings. The highest BCUT2D eigenvalue weighted by Gasteiger charge is 2.24. The Morgan fingerprint density at radius 2 is 2.24 bits per heavy atom. The highest BCUT2D eigenvalue weighted by atomic mass is 16.2. The maximum atomic E-state index is 12.1. The lowest BCUT2D eigenvalue weighted by molar-refractivity contribution is -0.117. The Hall–Kier alpha value is -2.14. The van der Waals surface area contributed by atoms with E-state index in [-0.39, 0.29) is 5.91 Å². The molecule has 0 aliphatic carbocycles. The molecule has 0 unspecified atom stereocenters. The minimum atomic E-state index is 0.0429. The average Bonchev–Trinajstić information content (AvgIpc) is 3.02. The number of anilines is 1. The number of hydrogen-bond acceptors (Lipinski definition) is 3. The quantitative estimate of drug-likeness (QED) is 0.905. The van der Waals surface area contributed by atoms with Crippen molar-refractivity contribution in [2.45, 2.75) is 18.8 Å². The zero-order chi connectivity index (χ0) is 14.5. The number of benzene rings is 1. The van der Waals surface area contributed by atoms with Gasteiger partial charge in [-0.3, -0.25) is 9.69 Å². The number of imidazole rings is 1. The van der Waals surface area contributed by atoms with Crippen LogP contribution < -0.4 is 5.32 Å². The van der Waals surface area contributed by atoms with Gasteiger partial charge in [0.05, 0.1) is 6.54 Å². The fourth-order valence-corrected chi connectivity index (χ4v) is 2.85. The van der Waals surface area contributed by atoms with Crippen LogP contribution in [0.25, 0.3) is 0 Å². The van der Waals surface area contributed by atoms with Gasteiger partial charge in [0.15, 0.2) is 0 Å². The highest BCUT2D eigenvalue weighted by molar-refractivity contribution is 5.92. The molecule has 3 rings (SSSR count). The number of nitrogens with zero attached hydrogens (tertiary/aromatic N) is 2. The van der Waals surface area contributed by atoms with Crippen LogP contribution in [0.4, 0.5) is 5.69 Å². The fraction of sp³-hybridized carbons (Fsp3) is 0.375. The summed E-state index contributed by atoms with van der Waals surface area (Å²) in [6.45, 7) is 2.29. The van der Waals surface area contributed by atoms with Gasteiger partial charge in [0, 0.05) is 30.5 Å². The number of likely N-dealkylation sites (tertiary alicyclic amines) is 1. The average molecular weight is 284 g/mol. The molecule has 0 saturated carbocycles. The van der Waals surface area contributed by atoms with Gasteiger partial charge in [0.1, 0.15) is 5.82 Å². The summed E-state index contributed by atoms with van der Waals surface area (Å²) in [5.74, 6) is 1.47. The monoisotopic (exact) mass is 284 g/mol. The lowest BCUT2D eigenvalue weighted by Crippen LogP contribution is -2.40. The van der Waals surface area contributed by atoms with Crippen LogP contribution in [0.1, 0.15) is 24.6 Å². The molecule has 21 heavy (non-hydrogen) atoms. The minimum Gasteiger partial charge on any atom is -0.348 e. The minimum absolute atomic E-state index is 0.0429. The van der Waals surface area contributed by atoms with Gasteiger partial charge in [-0.1, -0.05) is 18.2 Å². The molecule has 1 aliphatic rings. The first-order valence-corrected chi connectivity index (χ1v) is 7.38. The van der Waals surface area contributed by atoms with Gasteiger partial charge < -0.3 is 10.3 Å². The predicted octanol–water partition coefficient (Wildman–Crippen LogP) is 2.23. The molecule has 0 radical (unpaired) electrons. The number of para-hydroxylation sites is 1. The number of H-pyrrole nitrogens is 1. The van der Waals surface area contributed by atoms with Crippen molar-refractivity contribution in [3.05, 3.63) is 48.5 Å². The summed E-state index contributed by atoms with van der Waals surface area (Å²) in [5, 5.41) is 2.93. The van der Waals surface area contributed by atoms with E-state index in [9.17, 15) is 4.79 Å². The van der Waals surface area contributed by atoms with E-state index in [0.29, 0.717) is 12.5 Å². The van der Waals surface area contributed by atoms with Crippen LogP contribution in [0.5, 0.6) is 0 Å². The van der Waals surface area contributed by atoms with Gasteiger partial charge >= 0.3 is 0 Å². The number of aromatic amines is 1. The van der Waals surface area contributed by atoms with Crippen LogP contribution >= 0.6 is 0 Å². The van der Waals surface area contributed by atoms with E-state index in [1.165, 1.54) is 0 Å². The zero-order valence-corrected chi connectivity index (χ0v) is 12.0. The van der Waals surface area contributed by atoms with Gasteiger partial charge in [0.25, 0.3) is 0 Å². The Morgan fingerprint density at radius 3 is 3.00 bits per heavy atom. The number of rotatable bonds is 4. The topological polar surface area (TPSA) is 61.0 Å². The highest BCUT2D eigenvalue weighted by Crippen LogP contribution is 2.24. The summed E-state index contributed by atoms with van der Waals surface area (Å²) in [5.41, 5.74) is 0.849. The molecule has 0 bridgehead atoms. The third-order valence-corrected chi connectivity index (χ3v) is 3.84. The summed E-state index contributed by atoms with van der Waals surface area (Å²) >= 11 is 0. The smallest absolute Gasteiger partial charge is 0.238 e. The van der Waals surface area contributed by atoms with Crippen LogP contribution in [0.2, 0.25) is 0 Å². The second-order valence-electron chi connectivity index (χ2n) is 5.46. The van der Waals surface area contributed by atoms with Crippen molar-refractivity contribution in [2.24, 2.45) is 0 Å². The lowest BCUT2D eigenvalue weighted by Gasteiger charge is -2.31. The Morgan fingerprint density at radius 1 is 1.38 bits per heavy atom. The first-order chi connectivity index (χ1) is 10.3. The van der Waals surface area contributed by atoms with E-state index < -0.39 is 0 Å². The van der Waals surface area contributed by atoms with Crippen LogP contribution in [0.15, 0.2) is 42.7 Å². The van der Waals surface area contributed by atoms with E-state index in [1.54, 1.807) is 6.20 Å². The summed E-state index contributed by atoms with van der Waals surface area (Å²) in [7, 11) is 0. The summed E-state index contributed by atoms with van der Waals surface area (Å²) in [4.78, 5) is 21.8. The number of piperidine rings is 1. The Kier molecular flexibility index (Phi) is 4.31. The largest absolute Gasteiger partial charge is 0.348 e. The number of amides is 1. The number of carbonyl (C=O) groups is 1. The Balaban J connectivity index is 1.54. The van der Waals surface area contributed by atoms with Crippen LogP contribution in [0.3, 0.4) is 0 Å². The third kappa shape index (κ3) is 3.70. The van der Waals surface area contributed by atoms with Gasteiger partial charge in [0.2, 0.25) is 5.91 Å². The molecule has 5 nitrogen and oxygen atoms in total. The molecule has 110 valence electrons. The molecule has 1 atom stereocenters. The van der Waals surface area contributed by atoms with E-state index in [0.717, 1.165) is 37.4 Å². The second kappa shape index (κ2) is 6.54. The van der Waals surface area contributed by atoms with Crippen LogP contribution in [-0.4, -0.2) is 40.4 Å². The number of hydrogen-bond donors (Lipinski definition) is 2. The number of nitrogens with one attached hydrogen (secondary N) is 2. The van der Waals surface area contributed by atoms with Gasteiger partial charge in [-0.15, -0.1) is 0 Å². The lowest BCUT2D eigenvalue weighted by atomic mass is 9.97. The maximum Gasteiger partial charge on any atom is 0.238 e. The molecular weight excluding hydrogens is 264 g/mol. The first kappa shape index (κ1) is 13.8. The van der Waals surface area contributed by atoms with E-state index >= 15 is 0 Å². The number of carbonyl (C=O) groups excluding carboxylic acids is 1. The molecule has 1 aromatic carbocycles. The summed E-state index contributed by atoms with van der Waals surface area (Å²) < 4.78 is 0. The van der Waals surface area contributed by atoms with Crippen molar-refractivity contribution in [2.75, 3.05) is 25.0 Å². The van der Waals surface area contributed by atoms with E-state index in [1.807, 2.05) is 36.5 Å². The maximum absolute atomic E-state index is 12.1. The number of aromatic nitrogens is 2. The van der Waals surface area contributed by atoms with Gasteiger partial charge in [-0.2, -0.15) is 0 Å². The Bertz CT molecular complexity index is 567. The third-order valence-electron chi connectivity index (χ3n) is 3.84. The zero-order valence-electron chi connectivity index (χ0n) is 12.0. The molecule has 2 aromatic rings. The summed E-state index contributed by atoms with van der Waals surface area (Å²) in [6, 6.07) is 9.58. The SMILES string of the molecule is O=C(CN1CCC[C@H](c2ncc[nH]2)C1)Nc1ccccc1. The van der Waals surface area contributed by atoms with Crippen molar-refractivity contribution < 1.29 is 4.79 Å². The van der Waals surface area contributed by atoms with E-state index in [4.69, 9.17) is 0 Å². The molecule has 5 heteroatoms. The van der Waals surface area contributed by atoms with Crippen molar-refractivity contribution in [3.8, 4) is 0 Å². The second-order valence-corrected chi connectivity index (χ2v) is 5.46. The van der Waals surface area contributed by atoms with Crippen molar-refractivity contribution in [1.82, 2.24) is 14.9 Å². The van der Waals surface area contributed by atoms with Crippen LogP contribution in [0, 0.1) is 0 Å². The molecule has 1 amide bonds. The van der Waals surface area contributed by atoms with Crippen molar-refractivity contribution in [1.29, 1.82) is 0 Å². The molecule has 1 aliphatic heterocycles. The molecule has 0 spiro atoms. The van der Waals surface area contributed by atoms with Crippen molar-refractivity contribution >= 4 is 11.6 Å². The van der Waals surface area contributed by atoms with Crippen LogP contribution in [-0.2, 0) is 4.79 Å². The summed E-state index contributed by atoms with van der Waals surface area (Å²) in [6.07, 6.45) is 5.88. The normalized spacial score (nSPS) is 19.3. The van der Waals surface area contributed by atoms with Gasteiger partial charge in [-0.05, 0) is 31.5 Å². The molecule has 2 heterocycles. The predicted molar refractivity (Wildman–Crippen MR) is 82.1 cm³/mol. The molecule has 1 aromatic heterocycles. The van der Waals surface area contributed by atoms with Gasteiger partial charge in [-0.25, -0.2) is 4.98 Å². The van der Waals surface area contributed by atoms with E-state index in [2.05, 4.69) is 20.2 Å². The molecular formula is C16H20N4O. The van der Waals surface area contributed by atoms with Crippen molar-refractivity contribution in [3.63, 3.8) is 0 Å². The molecule has 1 saturated heterocycles. The fourth-order valence-electron chi connectivity index (χ4n) is 2.85.